The highest BCUT2D eigenvalue weighted by Gasteiger charge is 2.26. The van der Waals surface area contributed by atoms with Crippen molar-refractivity contribution in [2.75, 3.05) is 20.2 Å². The third-order valence-corrected chi connectivity index (χ3v) is 3.18. The first-order valence-corrected chi connectivity index (χ1v) is 5.76. The lowest BCUT2D eigenvalue weighted by molar-refractivity contribution is 0.0724. The SMILES string of the molecule is COC1CCN(C(=O)c2ccc(S)cc2)C1. The molecule has 16 heavy (non-hydrogen) atoms. The smallest absolute Gasteiger partial charge is 0.253 e. The molecule has 1 aromatic rings. The Labute approximate surface area is 101 Å². The summed E-state index contributed by atoms with van der Waals surface area (Å²) < 4.78 is 5.24. The minimum absolute atomic E-state index is 0.0767. The summed E-state index contributed by atoms with van der Waals surface area (Å²) >= 11 is 4.19. The summed E-state index contributed by atoms with van der Waals surface area (Å²) in [5.74, 6) is 0.0767. The van der Waals surface area contributed by atoms with E-state index in [-0.39, 0.29) is 12.0 Å². The fraction of sp³-hybridized carbons (Fsp3) is 0.417. The van der Waals surface area contributed by atoms with Crippen LogP contribution in [0.15, 0.2) is 29.2 Å². The molecule has 3 nitrogen and oxygen atoms in total. The summed E-state index contributed by atoms with van der Waals surface area (Å²) in [6.45, 7) is 1.47. The first kappa shape index (κ1) is 11.5. The maximum absolute atomic E-state index is 12.1. The fourth-order valence-electron chi connectivity index (χ4n) is 1.89. The van der Waals surface area contributed by atoms with Crippen LogP contribution in [-0.2, 0) is 4.74 Å². The van der Waals surface area contributed by atoms with E-state index in [4.69, 9.17) is 4.74 Å². The van der Waals surface area contributed by atoms with Crippen molar-refractivity contribution in [3.05, 3.63) is 29.8 Å². The number of hydrogen-bond donors (Lipinski definition) is 1. The highest BCUT2D eigenvalue weighted by molar-refractivity contribution is 7.80. The number of carbonyl (C=O) groups excluding carboxylic acids is 1. The van der Waals surface area contributed by atoms with Crippen molar-refractivity contribution in [2.24, 2.45) is 0 Å². The van der Waals surface area contributed by atoms with E-state index in [2.05, 4.69) is 12.6 Å². The van der Waals surface area contributed by atoms with Crippen LogP contribution in [0.2, 0.25) is 0 Å². The normalized spacial score (nSPS) is 20.1. The Morgan fingerprint density at radius 3 is 2.69 bits per heavy atom. The van der Waals surface area contributed by atoms with Crippen LogP contribution in [0.1, 0.15) is 16.8 Å². The van der Waals surface area contributed by atoms with E-state index in [9.17, 15) is 4.79 Å². The Hall–Kier alpha value is -1.00. The second kappa shape index (κ2) is 4.89. The summed E-state index contributed by atoms with van der Waals surface area (Å²) in [6.07, 6.45) is 1.11. The predicted molar refractivity (Wildman–Crippen MR) is 65.0 cm³/mol. The van der Waals surface area contributed by atoms with Gasteiger partial charge in [-0.25, -0.2) is 0 Å². The zero-order chi connectivity index (χ0) is 11.5. The quantitative estimate of drug-likeness (QED) is 0.795. The van der Waals surface area contributed by atoms with E-state index in [1.807, 2.05) is 29.2 Å². The third kappa shape index (κ3) is 2.39. The molecular weight excluding hydrogens is 222 g/mol. The number of likely N-dealkylation sites (tertiary alicyclic amines) is 1. The topological polar surface area (TPSA) is 29.5 Å². The Kier molecular flexibility index (Phi) is 3.51. The lowest BCUT2D eigenvalue weighted by Crippen LogP contribution is -2.29. The van der Waals surface area contributed by atoms with Crippen LogP contribution in [0.25, 0.3) is 0 Å². The number of hydrogen-bond acceptors (Lipinski definition) is 3. The van der Waals surface area contributed by atoms with E-state index >= 15 is 0 Å². The maximum atomic E-state index is 12.1. The molecule has 0 saturated carbocycles. The van der Waals surface area contributed by atoms with Crippen molar-refractivity contribution in [1.29, 1.82) is 0 Å². The van der Waals surface area contributed by atoms with Gasteiger partial charge in [-0.05, 0) is 30.7 Å². The highest BCUT2D eigenvalue weighted by Crippen LogP contribution is 2.16. The third-order valence-electron chi connectivity index (χ3n) is 2.88. The molecular formula is C12H15NO2S. The van der Waals surface area contributed by atoms with Crippen molar-refractivity contribution in [2.45, 2.75) is 17.4 Å². The average molecular weight is 237 g/mol. The lowest BCUT2D eigenvalue weighted by Gasteiger charge is -2.16. The maximum Gasteiger partial charge on any atom is 0.253 e. The van der Waals surface area contributed by atoms with Gasteiger partial charge in [-0.15, -0.1) is 12.6 Å². The van der Waals surface area contributed by atoms with Crippen LogP contribution < -0.4 is 0 Å². The molecule has 0 bridgehead atoms. The molecule has 0 radical (unpaired) electrons. The number of methoxy groups -OCH3 is 1. The zero-order valence-electron chi connectivity index (χ0n) is 9.22. The van der Waals surface area contributed by atoms with Gasteiger partial charge in [0.25, 0.3) is 5.91 Å². The molecule has 1 fully saturated rings. The fourth-order valence-corrected chi connectivity index (χ4v) is 2.04. The molecule has 1 aromatic carbocycles. The minimum Gasteiger partial charge on any atom is -0.380 e. The number of benzene rings is 1. The Balaban J connectivity index is 2.05. The van der Waals surface area contributed by atoms with E-state index in [0.29, 0.717) is 6.54 Å². The predicted octanol–water partition coefficient (Wildman–Crippen LogP) is 1.84. The molecule has 1 atom stereocenters. The van der Waals surface area contributed by atoms with Gasteiger partial charge in [0.2, 0.25) is 0 Å². The molecule has 1 aliphatic rings. The van der Waals surface area contributed by atoms with Crippen LogP contribution in [0.4, 0.5) is 0 Å². The monoisotopic (exact) mass is 237 g/mol. The summed E-state index contributed by atoms with van der Waals surface area (Å²) in [5, 5.41) is 0. The molecule has 4 heteroatoms. The Morgan fingerprint density at radius 2 is 2.12 bits per heavy atom. The molecule has 1 unspecified atom stereocenters. The van der Waals surface area contributed by atoms with E-state index in [1.54, 1.807) is 7.11 Å². The van der Waals surface area contributed by atoms with Crippen LogP contribution in [0, 0.1) is 0 Å². The molecule has 0 aromatic heterocycles. The van der Waals surface area contributed by atoms with E-state index in [1.165, 1.54) is 0 Å². The molecule has 0 N–H and O–H groups in total. The summed E-state index contributed by atoms with van der Waals surface area (Å²) in [5.41, 5.74) is 0.717. The molecule has 1 saturated heterocycles. The Bertz CT molecular complexity index is 377. The lowest BCUT2D eigenvalue weighted by atomic mass is 10.2. The van der Waals surface area contributed by atoms with Crippen molar-refractivity contribution < 1.29 is 9.53 Å². The van der Waals surface area contributed by atoms with Gasteiger partial charge in [0.05, 0.1) is 6.10 Å². The summed E-state index contributed by atoms with van der Waals surface area (Å²) in [7, 11) is 1.69. The van der Waals surface area contributed by atoms with Gasteiger partial charge in [0, 0.05) is 30.7 Å². The molecule has 1 heterocycles. The minimum atomic E-state index is 0.0767. The first-order valence-electron chi connectivity index (χ1n) is 5.32. The number of ether oxygens (including phenoxy) is 1. The number of nitrogens with zero attached hydrogens (tertiary/aromatic N) is 1. The molecule has 2 rings (SSSR count). The van der Waals surface area contributed by atoms with Crippen LogP contribution >= 0.6 is 12.6 Å². The van der Waals surface area contributed by atoms with Crippen molar-refractivity contribution in [3.63, 3.8) is 0 Å². The van der Waals surface area contributed by atoms with Crippen LogP contribution in [-0.4, -0.2) is 37.1 Å². The van der Waals surface area contributed by atoms with Crippen molar-refractivity contribution >= 4 is 18.5 Å². The van der Waals surface area contributed by atoms with Crippen molar-refractivity contribution in [3.8, 4) is 0 Å². The standard InChI is InChI=1S/C12H15NO2S/c1-15-10-6-7-13(8-10)12(14)9-2-4-11(16)5-3-9/h2-5,10,16H,6-8H2,1H3. The van der Waals surface area contributed by atoms with Gasteiger partial charge in [-0.1, -0.05) is 0 Å². The summed E-state index contributed by atoms with van der Waals surface area (Å²) in [6, 6.07) is 7.29. The zero-order valence-corrected chi connectivity index (χ0v) is 10.1. The molecule has 1 aliphatic heterocycles. The Morgan fingerprint density at radius 1 is 1.44 bits per heavy atom. The molecule has 0 aliphatic carbocycles. The highest BCUT2D eigenvalue weighted by atomic mass is 32.1. The first-order chi connectivity index (χ1) is 7.70. The number of rotatable bonds is 2. The molecule has 86 valence electrons. The van der Waals surface area contributed by atoms with Crippen LogP contribution in [0.3, 0.4) is 0 Å². The van der Waals surface area contributed by atoms with Gasteiger partial charge in [-0.3, -0.25) is 4.79 Å². The van der Waals surface area contributed by atoms with Gasteiger partial charge in [-0.2, -0.15) is 0 Å². The van der Waals surface area contributed by atoms with Gasteiger partial charge in [0.15, 0.2) is 0 Å². The number of thiol groups is 1. The number of carbonyl (C=O) groups is 1. The van der Waals surface area contributed by atoms with Gasteiger partial charge < -0.3 is 9.64 Å². The summed E-state index contributed by atoms with van der Waals surface area (Å²) in [4.78, 5) is 14.8. The second-order valence-corrected chi connectivity index (χ2v) is 4.46. The van der Waals surface area contributed by atoms with Crippen LogP contribution in [0.5, 0.6) is 0 Å². The van der Waals surface area contributed by atoms with E-state index in [0.717, 1.165) is 23.4 Å². The second-order valence-electron chi connectivity index (χ2n) is 3.94. The molecule has 0 spiro atoms. The van der Waals surface area contributed by atoms with Gasteiger partial charge in [0.1, 0.15) is 0 Å². The average Bonchev–Trinajstić information content (AvgIpc) is 2.77. The van der Waals surface area contributed by atoms with E-state index < -0.39 is 0 Å². The number of amides is 1. The largest absolute Gasteiger partial charge is 0.380 e. The van der Waals surface area contributed by atoms with Gasteiger partial charge >= 0.3 is 0 Å². The van der Waals surface area contributed by atoms with Crippen molar-refractivity contribution in [1.82, 2.24) is 4.90 Å². The molecule has 1 amide bonds.